The molecule has 146 valence electrons. The Hall–Kier alpha value is -2.87. The van der Waals surface area contributed by atoms with Crippen LogP contribution in [0.3, 0.4) is 0 Å². The average molecular weight is 374 g/mol. The SMILES string of the molecule is CCNC(=NCc1ccc([N+](=O)[O-])cc1)NCC(C)(O)c1cc(C)oc1C. The summed E-state index contributed by atoms with van der Waals surface area (Å²) < 4.78 is 5.51. The molecule has 1 aromatic carbocycles. The zero-order valence-corrected chi connectivity index (χ0v) is 16.1. The lowest BCUT2D eigenvalue weighted by molar-refractivity contribution is -0.384. The molecular formula is C19H26N4O4. The topological polar surface area (TPSA) is 113 Å². The minimum absolute atomic E-state index is 0.0505. The van der Waals surface area contributed by atoms with Gasteiger partial charge in [0.2, 0.25) is 0 Å². The molecule has 0 fully saturated rings. The summed E-state index contributed by atoms with van der Waals surface area (Å²) in [5.74, 6) is 1.99. The maximum atomic E-state index is 10.8. The maximum Gasteiger partial charge on any atom is 0.269 e. The molecule has 0 aliphatic heterocycles. The van der Waals surface area contributed by atoms with Gasteiger partial charge in [0.05, 0.1) is 18.0 Å². The predicted octanol–water partition coefficient (Wildman–Crippen LogP) is 2.77. The number of hydrogen-bond acceptors (Lipinski definition) is 5. The van der Waals surface area contributed by atoms with Crippen LogP contribution < -0.4 is 10.6 Å². The van der Waals surface area contributed by atoms with Crippen LogP contribution >= 0.6 is 0 Å². The molecule has 0 aliphatic rings. The molecule has 1 atom stereocenters. The molecule has 0 bridgehead atoms. The fourth-order valence-corrected chi connectivity index (χ4v) is 2.75. The van der Waals surface area contributed by atoms with Crippen molar-refractivity contribution in [2.75, 3.05) is 13.1 Å². The highest BCUT2D eigenvalue weighted by atomic mass is 16.6. The fraction of sp³-hybridized carbons (Fsp3) is 0.421. The molecule has 0 aliphatic carbocycles. The van der Waals surface area contributed by atoms with Crippen molar-refractivity contribution in [1.29, 1.82) is 0 Å². The molecule has 8 nitrogen and oxygen atoms in total. The third kappa shape index (κ3) is 5.55. The summed E-state index contributed by atoms with van der Waals surface area (Å²) in [5.41, 5.74) is 0.518. The van der Waals surface area contributed by atoms with Gasteiger partial charge in [0.25, 0.3) is 5.69 Å². The first-order valence-corrected chi connectivity index (χ1v) is 8.78. The van der Waals surface area contributed by atoms with Crippen LogP contribution in [0, 0.1) is 24.0 Å². The van der Waals surface area contributed by atoms with E-state index in [4.69, 9.17) is 4.42 Å². The second-order valence-corrected chi connectivity index (χ2v) is 6.57. The Labute approximate surface area is 158 Å². The molecule has 0 radical (unpaired) electrons. The summed E-state index contributed by atoms with van der Waals surface area (Å²) >= 11 is 0. The first-order valence-electron chi connectivity index (χ1n) is 8.78. The molecular weight excluding hydrogens is 348 g/mol. The highest BCUT2D eigenvalue weighted by molar-refractivity contribution is 5.79. The van der Waals surface area contributed by atoms with Crippen molar-refractivity contribution in [3.63, 3.8) is 0 Å². The van der Waals surface area contributed by atoms with E-state index in [-0.39, 0.29) is 12.2 Å². The summed E-state index contributed by atoms with van der Waals surface area (Å²) in [4.78, 5) is 14.8. The zero-order chi connectivity index (χ0) is 20.0. The second kappa shape index (κ2) is 8.68. The Balaban J connectivity index is 2.04. The van der Waals surface area contributed by atoms with Crippen LogP contribution in [0.5, 0.6) is 0 Å². The number of aliphatic hydroxyl groups is 1. The van der Waals surface area contributed by atoms with Gasteiger partial charge in [0.1, 0.15) is 17.1 Å². The van der Waals surface area contributed by atoms with Crippen LogP contribution in [-0.2, 0) is 12.1 Å². The van der Waals surface area contributed by atoms with Crippen molar-refractivity contribution < 1.29 is 14.4 Å². The van der Waals surface area contributed by atoms with E-state index in [1.165, 1.54) is 12.1 Å². The maximum absolute atomic E-state index is 10.8. The van der Waals surface area contributed by atoms with Crippen LogP contribution in [0.25, 0.3) is 0 Å². The number of non-ortho nitro benzene ring substituents is 1. The molecule has 2 aromatic rings. The molecule has 0 saturated carbocycles. The number of hydrogen-bond donors (Lipinski definition) is 3. The van der Waals surface area contributed by atoms with Gasteiger partial charge in [-0.2, -0.15) is 0 Å². The number of aryl methyl sites for hydroxylation is 2. The summed E-state index contributed by atoms with van der Waals surface area (Å²) in [7, 11) is 0. The van der Waals surface area contributed by atoms with Crippen LogP contribution in [0.2, 0.25) is 0 Å². The van der Waals surface area contributed by atoms with Crippen LogP contribution in [0.4, 0.5) is 5.69 Å². The van der Waals surface area contributed by atoms with Crippen LogP contribution in [-0.4, -0.2) is 29.1 Å². The van der Waals surface area contributed by atoms with Gasteiger partial charge in [-0.05, 0) is 39.3 Å². The van der Waals surface area contributed by atoms with Crippen LogP contribution in [0.15, 0.2) is 39.7 Å². The summed E-state index contributed by atoms with van der Waals surface area (Å²) in [6.07, 6.45) is 0. The van der Waals surface area contributed by atoms with E-state index in [0.29, 0.717) is 24.8 Å². The van der Waals surface area contributed by atoms with E-state index in [1.54, 1.807) is 19.1 Å². The Morgan fingerprint density at radius 1 is 1.30 bits per heavy atom. The van der Waals surface area contributed by atoms with E-state index in [0.717, 1.165) is 16.9 Å². The number of nitrogens with zero attached hydrogens (tertiary/aromatic N) is 2. The van der Waals surface area contributed by atoms with Gasteiger partial charge in [-0.25, -0.2) is 4.99 Å². The summed E-state index contributed by atoms with van der Waals surface area (Å²) in [6.45, 7) is 8.61. The van der Waals surface area contributed by atoms with Crippen molar-refractivity contribution in [2.45, 2.75) is 39.8 Å². The molecule has 0 amide bonds. The first kappa shape index (κ1) is 20.4. The Morgan fingerprint density at radius 3 is 2.48 bits per heavy atom. The molecule has 3 N–H and O–H groups in total. The van der Waals surface area contributed by atoms with E-state index in [9.17, 15) is 15.2 Å². The fourth-order valence-electron chi connectivity index (χ4n) is 2.75. The second-order valence-electron chi connectivity index (χ2n) is 6.57. The third-order valence-electron chi connectivity index (χ3n) is 4.13. The average Bonchev–Trinajstić information content (AvgIpc) is 2.97. The standard InChI is InChI=1S/C19H26N4O4/c1-5-20-18(21-11-15-6-8-16(9-7-15)23(25)26)22-12-19(4,24)17-10-13(2)27-14(17)3/h6-10,24H,5,11-12H2,1-4H3,(H2,20,21,22). The van der Waals surface area contributed by atoms with Crippen molar-refractivity contribution in [1.82, 2.24) is 10.6 Å². The number of furan rings is 1. The molecule has 2 rings (SSSR count). The summed E-state index contributed by atoms with van der Waals surface area (Å²) in [6, 6.07) is 8.11. The molecule has 1 heterocycles. The number of benzene rings is 1. The number of guanidine groups is 1. The monoisotopic (exact) mass is 374 g/mol. The van der Waals surface area contributed by atoms with Crippen molar-refractivity contribution in [3.8, 4) is 0 Å². The van der Waals surface area contributed by atoms with Gasteiger partial charge < -0.3 is 20.2 Å². The van der Waals surface area contributed by atoms with E-state index >= 15 is 0 Å². The van der Waals surface area contributed by atoms with E-state index < -0.39 is 10.5 Å². The Bertz CT molecular complexity index is 810. The van der Waals surface area contributed by atoms with Crippen molar-refractivity contribution in [3.05, 3.63) is 63.1 Å². The Morgan fingerprint density at radius 2 is 1.96 bits per heavy atom. The third-order valence-corrected chi connectivity index (χ3v) is 4.13. The molecule has 8 heteroatoms. The number of nitro benzene ring substituents is 1. The molecule has 1 aromatic heterocycles. The number of aliphatic imine (C=N–C) groups is 1. The highest BCUT2D eigenvalue weighted by Gasteiger charge is 2.27. The molecule has 27 heavy (non-hydrogen) atoms. The van der Waals surface area contributed by atoms with Gasteiger partial charge in [-0.3, -0.25) is 10.1 Å². The van der Waals surface area contributed by atoms with E-state index in [1.807, 2.05) is 26.8 Å². The number of nitro groups is 1. The lowest BCUT2D eigenvalue weighted by Gasteiger charge is -2.24. The highest BCUT2D eigenvalue weighted by Crippen LogP contribution is 2.26. The molecule has 0 saturated heterocycles. The molecule has 0 spiro atoms. The van der Waals surface area contributed by atoms with Crippen molar-refractivity contribution >= 4 is 11.6 Å². The van der Waals surface area contributed by atoms with Gasteiger partial charge in [-0.15, -0.1) is 0 Å². The Kier molecular flexibility index (Phi) is 6.57. The minimum Gasteiger partial charge on any atom is -0.466 e. The van der Waals surface area contributed by atoms with E-state index in [2.05, 4.69) is 15.6 Å². The van der Waals surface area contributed by atoms with Gasteiger partial charge in [0, 0.05) is 24.2 Å². The normalized spacial score (nSPS) is 13.9. The molecule has 1 unspecified atom stereocenters. The number of rotatable bonds is 7. The van der Waals surface area contributed by atoms with Gasteiger partial charge in [-0.1, -0.05) is 12.1 Å². The lowest BCUT2D eigenvalue weighted by atomic mass is 9.96. The lowest BCUT2D eigenvalue weighted by Crippen LogP contribution is -2.44. The summed E-state index contributed by atoms with van der Waals surface area (Å²) in [5, 5.41) is 27.8. The quantitative estimate of drug-likeness (QED) is 0.297. The van der Waals surface area contributed by atoms with Gasteiger partial charge >= 0.3 is 0 Å². The predicted molar refractivity (Wildman–Crippen MR) is 104 cm³/mol. The zero-order valence-electron chi connectivity index (χ0n) is 16.1. The largest absolute Gasteiger partial charge is 0.466 e. The van der Waals surface area contributed by atoms with Crippen LogP contribution in [0.1, 0.15) is 36.5 Å². The smallest absolute Gasteiger partial charge is 0.269 e. The van der Waals surface area contributed by atoms with Crippen molar-refractivity contribution in [2.24, 2.45) is 4.99 Å². The van der Waals surface area contributed by atoms with Gasteiger partial charge in [0.15, 0.2) is 5.96 Å². The minimum atomic E-state index is -1.12. The first-order chi connectivity index (χ1) is 12.7. The number of nitrogens with one attached hydrogen (secondary N) is 2.